The standard InChI is InChI=1S/C23H30ClN3O4S/c1-17-7-13-21(14-8-17)27(32(4,30)31)15-5-6-22(28)26(18(2)23(29)25-3)16-19-9-11-20(24)12-10-19/h7-14,18H,5-6,15-16H2,1-4H3,(H,25,29)/t18-/m0/s1. The molecule has 0 bridgehead atoms. The number of likely N-dealkylation sites (N-methyl/N-ethyl adjacent to an activating group) is 1. The second kappa shape index (κ2) is 11.3. The predicted molar refractivity (Wildman–Crippen MR) is 128 cm³/mol. The summed E-state index contributed by atoms with van der Waals surface area (Å²) < 4.78 is 25.9. The molecule has 0 radical (unpaired) electrons. The van der Waals surface area contributed by atoms with Gasteiger partial charge in [0.15, 0.2) is 0 Å². The Morgan fingerprint density at radius 2 is 1.66 bits per heavy atom. The summed E-state index contributed by atoms with van der Waals surface area (Å²) in [6.45, 7) is 4.01. The van der Waals surface area contributed by atoms with Gasteiger partial charge in [0.1, 0.15) is 6.04 Å². The normalized spacial score (nSPS) is 12.2. The first-order chi connectivity index (χ1) is 15.0. The third kappa shape index (κ3) is 7.24. The molecule has 2 rings (SSSR count). The van der Waals surface area contributed by atoms with E-state index >= 15 is 0 Å². The van der Waals surface area contributed by atoms with E-state index < -0.39 is 16.1 Å². The number of carbonyl (C=O) groups excluding carboxylic acids is 2. The number of anilines is 1. The molecule has 0 aliphatic heterocycles. The third-order valence-corrected chi connectivity index (χ3v) is 6.60. The molecule has 32 heavy (non-hydrogen) atoms. The summed E-state index contributed by atoms with van der Waals surface area (Å²) in [5.74, 6) is -0.502. The maximum atomic E-state index is 13.0. The highest BCUT2D eigenvalue weighted by atomic mass is 35.5. The smallest absolute Gasteiger partial charge is 0.242 e. The van der Waals surface area contributed by atoms with Crippen LogP contribution in [0.25, 0.3) is 0 Å². The minimum atomic E-state index is -3.50. The van der Waals surface area contributed by atoms with E-state index in [0.29, 0.717) is 17.1 Å². The van der Waals surface area contributed by atoms with Crippen LogP contribution >= 0.6 is 11.6 Å². The SMILES string of the molecule is CNC(=O)[C@H](C)N(Cc1ccc(Cl)cc1)C(=O)CCCN(c1ccc(C)cc1)S(C)(=O)=O. The van der Waals surface area contributed by atoms with Gasteiger partial charge in [-0.15, -0.1) is 0 Å². The van der Waals surface area contributed by atoms with Crippen LogP contribution in [0, 0.1) is 6.92 Å². The zero-order valence-corrected chi connectivity index (χ0v) is 20.4. The number of nitrogens with zero attached hydrogens (tertiary/aromatic N) is 2. The van der Waals surface area contributed by atoms with Crippen molar-refractivity contribution in [3.8, 4) is 0 Å². The Bertz CT molecular complexity index is 1020. The molecule has 0 aromatic heterocycles. The Hall–Kier alpha value is -2.58. The Morgan fingerprint density at radius 3 is 2.19 bits per heavy atom. The fourth-order valence-corrected chi connectivity index (χ4v) is 4.38. The van der Waals surface area contributed by atoms with Crippen LogP contribution in [-0.2, 0) is 26.2 Å². The van der Waals surface area contributed by atoms with E-state index in [-0.39, 0.29) is 31.3 Å². The van der Waals surface area contributed by atoms with Crippen LogP contribution in [-0.4, -0.2) is 51.0 Å². The van der Waals surface area contributed by atoms with Crippen LogP contribution in [0.2, 0.25) is 5.02 Å². The Labute approximate surface area is 195 Å². The van der Waals surface area contributed by atoms with Crippen molar-refractivity contribution >= 4 is 39.1 Å². The molecule has 2 aromatic carbocycles. The van der Waals surface area contributed by atoms with Gasteiger partial charge in [-0.3, -0.25) is 13.9 Å². The van der Waals surface area contributed by atoms with Crippen LogP contribution in [0.5, 0.6) is 0 Å². The van der Waals surface area contributed by atoms with Crippen molar-refractivity contribution in [2.24, 2.45) is 0 Å². The molecule has 0 fully saturated rings. The van der Waals surface area contributed by atoms with Crippen molar-refractivity contribution in [2.45, 2.75) is 39.3 Å². The highest BCUT2D eigenvalue weighted by Crippen LogP contribution is 2.20. The molecular formula is C23H30ClN3O4S. The predicted octanol–water partition coefficient (Wildman–Crippen LogP) is 3.36. The van der Waals surface area contributed by atoms with Gasteiger partial charge >= 0.3 is 0 Å². The van der Waals surface area contributed by atoms with Crippen molar-refractivity contribution in [1.29, 1.82) is 0 Å². The molecule has 174 valence electrons. The maximum Gasteiger partial charge on any atom is 0.242 e. The number of hydrogen-bond donors (Lipinski definition) is 1. The van der Waals surface area contributed by atoms with Crippen LogP contribution < -0.4 is 9.62 Å². The quantitative estimate of drug-likeness (QED) is 0.566. The Morgan fingerprint density at radius 1 is 1.06 bits per heavy atom. The average molecular weight is 480 g/mol. The number of rotatable bonds is 10. The van der Waals surface area contributed by atoms with Gasteiger partial charge in [0, 0.05) is 31.6 Å². The number of hydrogen-bond acceptors (Lipinski definition) is 4. The summed E-state index contributed by atoms with van der Waals surface area (Å²) in [6.07, 6.45) is 1.57. The third-order valence-electron chi connectivity index (χ3n) is 5.15. The molecule has 0 aliphatic carbocycles. The first-order valence-electron chi connectivity index (χ1n) is 10.3. The number of sulfonamides is 1. The molecule has 0 heterocycles. The van der Waals surface area contributed by atoms with Gasteiger partial charge in [0.05, 0.1) is 11.9 Å². The largest absolute Gasteiger partial charge is 0.357 e. The zero-order chi connectivity index (χ0) is 23.9. The van der Waals surface area contributed by atoms with E-state index in [1.807, 2.05) is 31.2 Å². The fraction of sp³-hybridized carbons (Fsp3) is 0.391. The number of carbonyl (C=O) groups is 2. The lowest BCUT2D eigenvalue weighted by molar-refractivity contribution is -0.140. The summed E-state index contributed by atoms with van der Waals surface area (Å²) in [7, 11) is -1.98. The number of aryl methyl sites for hydroxylation is 1. The van der Waals surface area contributed by atoms with E-state index in [1.165, 1.54) is 16.3 Å². The molecule has 0 spiro atoms. The maximum absolute atomic E-state index is 13.0. The van der Waals surface area contributed by atoms with Gasteiger partial charge < -0.3 is 10.2 Å². The van der Waals surface area contributed by atoms with Gasteiger partial charge in [-0.25, -0.2) is 8.42 Å². The minimum absolute atomic E-state index is 0.104. The molecule has 0 unspecified atom stereocenters. The molecule has 2 aromatic rings. The molecule has 0 aliphatic rings. The summed E-state index contributed by atoms with van der Waals surface area (Å²) >= 11 is 5.94. The lowest BCUT2D eigenvalue weighted by Crippen LogP contribution is -2.46. The van der Waals surface area contributed by atoms with Crippen LogP contribution in [0.4, 0.5) is 5.69 Å². The number of benzene rings is 2. The van der Waals surface area contributed by atoms with Crippen molar-refractivity contribution in [2.75, 3.05) is 24.2 Å². The molecule has 0 saturated heterocycles. The minimum Gasteiger partial charge on any atom is -0.357 e. The summed E-state index contributed by atoms with van der Waals surface area (Å²) in [4.78, 5) is 26.8. The first kappa shape index (κ1) is 25.7. The number of halogens is 1. The van der Waals surface area contributed by atoms with Crippen molar-refractivity contribution < 1.29 is 18.0 Å². The van der Waals surface area contributed by atoms with Crippen molar-refractivity contribution in [1.82, 2.24) is 10.2 Å². The number of amides is 2. The topological polar surface area (TPSA) is 86.8 Å². The second-order valence-electron chi connectivity index (χ2n) is 7.71. The van der Waals surface area contributed by atoms with E-state index in [0.717, 1.165) is 17.4 Å². The zero-order valence-electron chi connectivity index (χ0n) is 18.8. The van der Waals surface area contributed by atoms with E-state index in [4.69, 9.17) is 11.6 Å². The van der Waals surface area contributed by atoms with Gasteiger partial charge in [-0.2, -0.15) is 0 Å². The van der Waals surface area contributed by atoms with Gasteiger partial charge in [0.25, 0.3) is 0 Å². The van der Waals surface area contributed by atoms with Crippen molar-refractivity contribution in [3.63, 3.8) is 0 Å². The van der Waals surface area contributed by atoms with Gasteiger partial charge in [-0.1, -0.05) is 41.4 Å². The van der Waals surface area contributed by atoms with E-state index in [2.05, 4.69) is 5.32 Å². The molecule has 9 heteroatoms. The van der Waals surface area contributed by atoms with E-state index in [9.17, 15) is 18.0 Å². The van der Waals surface area contributed by atoms with Crippen LogP contribution in [0.3, 0.4) is 0 Å². The fourth-order valence-electron chi connectivity index (χ4n) is 3.29. The van der Waals surface area contributed by atoms with Crippen molar-refractivity contribution in [3.05, 3.63) is 64.7 Å². The average Bonchev–Trinajstić information content (AvgIpc) is 2.75. The first-order valence-corrected chi connectivity index (χ1v) is 12.6. The molecular weight excluding hydrogens is 450 g/mol. The van der Waals surface area contributed by atoms with Gasteiger partial charge in [0.2, 0.25) is 21.8 Å². The molecule has 7 nitrogen and oxygen atoms in total. The van der Waals surface area contributed by atoms with Crippen LogP contribution in [0.1, 0.15) is 30.9 Å². The summed E-state index contributed by atoms with van der Waals surface area (Å²) in [5.41, 5.74) is 2.43. The van der Waals surface area contributed by atoms with Crippen LogP contribution in [0.15, 0.2) is 48.5 Å². The highest BCUT2D eigenvalue weighted by molar-refractivity contribution is 7.92. The number of nitrogens with one attached hydrogen (secondary N) is 1. The van der Waals surface area contributed by atoms with E-state index in [1.54, 1.807) is 31.2 Å². The monoisotopic (exact) mass is 479 g/mol. The molecule has 1 N–H and O–H groups in total. The van der Waals surface area contributed by atoms with Gasteiger partial charge in [-0.05, 0) is 50.1 Å². The lowest BCUT2D eigenvalue weighted by Gasteiger charge is -2.29. The summed E-state index contributed by atoms with van der Waals surface area (Å²) in [6, 6.07) is 13.6. The Balaban J connectivity index is 2.12. The molecule has 2 amide bonds. The highest BCUT2D eigenvalue weighted by Gasteiger charge is 2.26. The Kier molecular flexibility index (Phi) is 9.09. The second-order valence-corrected chi connectivity index (χ2v) is 10.1. The lowest BCUT2D eigenvalue weighted by atomic mass is 10.1. The molecule has 0 saturated carbocycles. The summed E-state index contributed by atoms with van der Waals surface area (Å²) in [5, 5.41) is 3.16. The molecule has 1 atom stereocenters.